The van der Waals surface area contributed by atoms with Gasteiger partial charge in [0.1, 0.15) is 17.8 Å². The van der Waals surface area contributed by atoms with Crippen molar-refractivity contribution in [2.24, 2.45) is 0 Å². The van der Waals surface area contributed by atoms with Crippen LogP contribution in [0, 0.1) is 0 Å². The minimum Gasteiger partial charge on any atom is -1.00 e. The summed E-state index contributed by atoms with van der Waals surface area (Å²) in [5.41, 5.74) is 0.386. The number of aliphatic hydroxyl groups excluding tert-OH is 3. The normalized spacial score (nSPS) is 27.0. The molecule has 1 aromatic heterocycles. The Hall–Kier alpha value is -1.51. The molecular formula is C14H19ClN2O5. The van der Waals surface area contributed by atoms with Crippen molar-refractivity contribution in [3.05, 3.63) is 42.7 Å². The summed E-state index contributed by atoms with van der Waals surface area (Å²) >= 11 is 0. The largest absolute Gasteiger partial charge is 1.00 e. The Morgan fingerprint density at radius 1 is 1.45 bits per heavy atom. The van der Waals surface area contributed by atoms with Gasteiger partial charge in [0.25, 0.3) is 12.1 Å². The van der Waals surface area contributed by atoms with Crippen LogP contribution in [0.4, 0.5) is 0 Å². The van der Waals surface area contributed by atoms with E-state index in [1.165, 1.54) is 10.8 Å². The van der Waals surface area contributed by atoms with Gasteiger partial charge in [0.15, 0.2) is 18.5 Å². The fourth-order valence-electron chi connectivity index (χ4n) is 2.18. The molecule has 8 heteroatoms. The number of carbonyl (C=O) groups excluding carboxylic acids is 1. The van der Waals surface area contributed by atoms with Crippen LogP contribution in [-0.4, -0.2) is 52.7 Å². The number of hydrogen-bond donors (Lipinski definition) is 4. The number of pyridine rings is 1. The average molecular weight is 331 g/mol. The van der Waals surface area contributed by atoms with Crippen molar-refractivity contribution in [1.29, 1.82) is 0 Å². The molecule has 0 bridgehead atoms. The van der Waals surface area contributed by atoms with Crippen LogP contribution in [0.1, 0.15) is 16.6 Å². The zero-order chi connectivity index (χ0) is 15.4. The average Bonchev–Trinajstić information content (AvgIpc) is 2.80. The third-order valence-corrected chi connectivity index (χ3v) is 3.30. The van der Waals surface area contributed by atoms with Crippen LogP contribution in [0.2, 0.25) is 0 Å². The highest BCUT2D eigenvalue weighted by molar-refractivity contribution is 5.93. The summed E-state index contributed by atoms with van der Waals surface area (Å²) in [6.07, 6.45) is 0.633. The molecule has 0 spiro atoms. The standard InChI is InChI=1S/C14H18N2O5.ClH/c1-2-5-15-13(20)9-4-3-6-16(7-9)14-12(19)11(18)10(8-17)21-14;/h2-4,6-7,10-12,14,17-19H,1,5,8H2;1H/t10-,11-,12-,14-;/m1./s1. The minimum absolute atomic E-state index is 0. The Morgan fingerprint density at radius 3 is 2.77 bits per heavy atom. The van der Waals surface area contributed by atoms with Crippen LogP contribution in [0.25, 0.3) is 0 Å². The lowest BCUT2D eigenvalue weighted by Crippen LogP contribution is -3.00. The van der Waals surface area contributed by atoms with Crippen molar-refractivity contribution >= 4 is 5.91 Å². The van der Waals surface area contributed by atoms with Crippen LogP contribution < -0.4 is 22.3 Å². The van der Waals surface area contributed by atoms with Gasteiger partial charge >= 0.3 is 0 Å². The number of carbonyl (C=O) groups is 1. The summed E-state index contributed by atoms with van der Waals surface area (Å²) in [4.78, 5) is 11.9. The molecule has 0 aromatic carbocycles. The van der Waals surface area contributed by atoms with E-state index < -0.39 is 31.1 Å². The molecule has 122 valence electrons. The molecule has 2 heterocycles. The SMILES string of the molecule is C=CCNC(=O)c1ccc[n+]([C@@H]2O[C@H](CO)[C@@H](O)[C@H]2O)c1.[Cl-]. The molecule has 0 unspecified atom stereocenters. The number of nitrogens with zero attached hydrogens (tertiary/aromatic N) is 1. The number of aromatic nitrogens is 1. The van der Waals surface area contributed by atoms with E-state index in [1.807, 2.05) is 0 Å². The van der Waals surface area contributed by atoms with Crippen molar-refractivity contribution in [3.8, 4) is 0 Å². The lowest BCUT2D eigenvalue weighted by atomic mass is 10.1. The Bertz CT molecular complexity index is 528. The Balaban J connectivity index is 0.00000242. The topological polar surface area (TPSA) is 103 Å². The quantitative estimate of drug-likeness (QED) is 0.322. The molecule has 0 saturated carbocycles. The number of aliphatic hydroxyl groups is 3. The summed E-state index contributed by atoms with van der Waals surface area (Å²) in [5, 5.41) is 31.4. The first kappa shape index (κ1) is 18.5. The van der Waals surface area contributed by atoms with Gasteiger partial charge in [0.2, 0.25) is 0 Å². The van der Waals surface area contributed by atoms with Gasteiger partial charge in [-0.2, -0.15) is 4.57 Å². The number of ether oxygens (including phenoxy) is 1. The van der Waals surface area contributed by atoms with Crippen LogP contribution >= 0.6 is 0 Å². The molecule has 1 aliphatic rings. The first-order valence-electron chi connectivity index (χ1n) is 6.61. The molecule has 0 aliphatic carbocycles. The summed E-state index contributed by atoms with van der Waals surface area (Å²) in [5.74, 6) is -0.281. The van der Waals surface area contributed by atoms with Gasteiger partial charge in [0, 0.05) is 12.6 Å². The van der Waals surface area contributed by atoms with E-state index in [0.29, 0.717) is 12.1 Å². The highest BCUT2D eigenvalue weighted by Crippen LogP contribution is 2.25. The molecule has 0 radical (unpaired) electrons. The molecule has 4 N–H and O–H groups in total. The highest BCUT2D eigenvalue weighted by atomic mass is 35.5. The molecule has 1 aromatic rings. The zero-order valence-electron chi connectivity index (χ0n) is 11.8. The molecule has 1 fully saturated rings. The van der Waals surface area contributed by atoms with E-state index in [-0.39, 0.29) is 18.3 Å². The fourth-order valence-corrected chi connectivity index (χ4v) is 2.18. The fraction of sp³-hybridized carbons (Fsp3) is 0.429. The van der Waals surface area contributed by atoms with Gasteiger partial charge in [-0.3, -0.25) is 4.79 Å². The van der Waals surface area contributed by atoms with Gasteiger partial charge in [0.05, 0.1) is 6.61 Å². The van der Waals surface area contributed by atoms with Gasteiger partial charge < -0.3 is 37.8 Å². The van der Waals surface area contributed by atoms with E-state index >= 15 is 0 Å². The van der Waals surface area contributed by atoms with Crippen molar-refractivity contribution in [2.75, 3.05) is 13.2 Å². The van der Waals surface area contributed by atoms with E-state index in [4.69, 9.17) is 9.84 Å². The molecule has 1 saturated heterocycles. The summed E-state index contributed by atoms with van der Waals surface area (Å²) in [7, 11) is 0. The van der Waals surface area contributed by atoms with E-state index in [9.17, 15) is 15.0 Å². The maximum atomic E-state index is 11.9. The van der Waals surface area contributed by atoms with Crippen molar-refractivity contribution in [1.82, 2.24) is 5.32 Å². The Morgan fingerprint density at radius 2 is 2.18 bits per heavy atom. The second-order valence-corrected chi connectivity index (χ2v) is 4.77. The monoisotopic (exact) mass is 330 g/mol. The predicted octanol–water partition coefficient (Wildman–Crippen LogP) is -4.49. The lowest BCUT2D eigenvalue weighted by molar-refractivity contribution is -0.765. The van der Waals surface area contributed by atoms with E-state index in [0.717, 1.165) is 0 Å². The second kappa shape index (κ2) is 8.21. The second-order valence-electron chi connectivity index (χ2n) is 4.77. The third-order valence-electron chi connectivity index (χ3n) is 3.30. The maximum absolute atomic E-state index is 11.9. The first-order chi connectivity index (χ1) is 10.1. The Kier molecular flexibility index (Phi) is 6.92. The molecule has 7 nitrogen and oxygen atoms in total. The van der Waals surface area contributed by atoms with E-state index in [2.05, 4.69) is 11.9 Å². The molecule has 1 aliphatic heterocycles. The van der Waals surface area contributed by atoms with Crippen LogP contribution in [0.5, 0.6) is 0 Å². The van der Waals surface area contributed by atoms with Gasteiger partial charge in [-0.25, -0.2) is 0 Å². The number of hydrogen-bond acceptors (Lipinski definition) is 5. The van der Waals surface area contributed by atoms with Gasteiger partial charge in [-0.1, -0.05) is 6.08 Å². The van der Waals surface area contributed by atoms with Crippen molar-refractivity contribution in [3.63, 3.8) is 0 Å². The minimum atomic E-state index is -1.18. The van der Waals surface area contributed by atoms with Crippen LogP contribution in [-0.2, 0) is 4.74 Å². The predicted molar refractivity (Wildman–Crippen MR) is 72.2 cm³/mol. The van der Waals surface area contributed by atoms with Crippen LogP contribution in [0.3, 0.4) is 0 Å². The molecule has 4 atom stereocenters. The number of halogens is 1. The summed E-state index contributed by atoms with van der Waals surface area (Å²) < 4.78 is 6.89. The van der Waals surface area contributed by atoms with E-state index in [1.54, 1.807) is 24.4 Å². The highest BCUT2D eigenvalue weighted by Gasteiger charge is 2.47. The molecule has 2 rings (SSSR count). The number of rotatable bonds is 5. The summed E-state index contributed by atoms with van der Waals surface area (Å²) in [6, 6.07) is 3.26. The molecular weight excluding hydrogens is 312 g/mol. The third kappa shape index (κ3) is 3.82. The smallest absolute Gasteiger partial charge is 0.292 e. The van der Waals surface area contributed by atoms with Crippen molar-refractivity contribution in [2.45, 2.75) is 24.5 Å². The first-order valence-corrected chi connectivity index (χ1v) is 6.61. The maximum Gasteiger partial charge on any atom is 0.292 e. The van der Waals surface area contributed by atoms with Gasteiger partial charge in [-0.15, -0.1) is 6.58 Å². The zero-order valence-corrected chi connectivity index (χ0v) is 12.6. The van der Waals surface area contributed by atoms with Crippen molar-refractivity contribution < 1.29 is 41.8 Å². The number of nitrogens with one attached hydrogen (secondary N) is 1. The molecule has 1 amide bonds. The number of amides is 1. The molecule has 22 heavy (non-hydrogen) atoms. The summed E-state index contributed by atoms with van der Waals surface area (Å²) in [6.45, 7) is 3.47. The van der Waals surface area contributed by atoms with Crippen LogP contribution in [0.15, 0.2) is 37.2 Å². The lowest BCUT2D eigenvalue weighted by Gasteiger charge is -2.10. The Labute approximate surface area is 134 Å². The van der Waals surface area contributed by atoms with Gasteiger partial charge in [-0.05, 0) is 6.07 Å².